The van der Waals surface area contributed by atoms with Crippen LogP contribution in [0.4, 0.5) is 0 Å². The Morgan fingerprint density at radius 3 is 3.10 bits per heavy atom. The summed E-state index contributed by atoms with van der Waals surface area (Å²) in [7, 11) is 0. The maximum absolute atomic E-state index is 5.51. The first-order chi connectivity index (χ1) is 10.4. The van der Waals surface area contributed by atoms with Gasteiger partial charge in [-0.1, -0.05) is 24.1 Å². The first-order valence-corrected chi connectivity index (χ1v) is 8.87. The van der Waals surface area contributed by atoms with Crippen LogP contribution in [0.3, 0.4) is 0 Å². The van der Waals surface area contributed by atoms with Crippen LogP contribution in [0.2, 0.25) is 0 Å². The van der Waals surface area contributed by atoms with Gasteiger partial charge in [-0.2, -0.15) is 4.98 Å². The van der Waals surface area contributed by atoms with Crippen LogP contribution in [0.1, 0.15) is 61.2 Å². The summed E-state index contributed by atoms with van der Waals surface area (Å²) in [6, 6.07) is 5.10. The topological polar surface area (TPSA) is 51.0 Å². The molecule has 2 fully saturated rings. The van der Waals surface area contributed by atoms with Crippen LogP contribution in [0.5, 0.6) is 0 Å². The van der Waals surface area contributed by atoms with Crippen molar-refractivity contribution in [2.75, 3.05) is 0 Å². The smallest absolute Gasteiger partial charge is 0.243 e. The van der Waals surface area contributed by atoms with Crippen molar-refractivity contribution < 1.29 is 4.52 Å². The molecule has 3 atom stereocenters. The molecule has 5 heteroatoms. The third kappa shape index (κ3) is 2.90. The van der Waals surface area contributed by atoms with E-state index >= 15 is 0 Å². The molecule has 1 aliphatic heterocycles. The van der Waals surface area contributed by atoms with Crippen molar-refractivity contribution in [3.8, 4) is 0 Å². The van der Waals surface area contributed by atoms with Gasteiger partial charge in [0.15, 0.2) is 5.82 Å². The molecule has 21 heavy (non-hydrogen) atoms. The molecular formula is C16H21N3OS. The number of hydrogen-bond donors (Lipinski definition) is 1. The predicted octanol–water partition coefficient (Wildman–Crippen LogP) is 3.71. The predicted molar refractivity (Wildman–Crippen MR) is 82.3 cm³/mol. The summed E-state index contributed by atoms with van der Waals surface area (Å²) in [5, 5.41) is 9.99. The fraction of sp³-hybridized carbons (Fsp3) is 0.625. The highest BCUT2D eigenvalue weighted by molar-refractivity contribution is 7.09. The number of hydrogen-bond acceptors (Lipinski definition) is 5. The van der Waals surface area contributed by atoms with Crippen molar-refractivity contribution >= 4 is 11.3 Å². The summed E-state index contributed by atoms with van der Waals surface area (Å²) in [5.74, 6) is 2.45. The van der Waals surface area contributed by atoms with Crippen LogP contribution in [0.25, 0.3) is 0 Å². The lowest BCUT2D eigenvalue weighted by molar-refractivity contribution is 0.158. The van der Waals surface area contributed by atoms with E-state index in [0.717, 1.165) is 30.5 Å². The number of nitrogens with zero attached hydrogens (tertiary/aromatic N) is 2. The molecule has 1 saturated carbocycles. The normalized spacial score (nSPS) is 29.2. The molecule has 2 aromatic heterocycles. The van der Waals surface area contributed by atoms with Gasteiger partial charge < -0.3 is 9.84 Å². The minimum absolute atomic E-state index is 0.258. The number of thiophene rings is 1. The van der Waals surface area contributed by atoms with Crippen molar-refractivity contribution in [3.05, 3.63) is 34.1 Å². The molecule has 112 valence electrons. The third-order valence-corrected chi connectivity index (χ3v) is 5.72. The maximum atomic E-state index is 5.51. The van der Waals surface area contributed by atoms with E-state index in [1.54, 1.807) is 11.3 Å². The van der Waals surface area contributed by atoms with Crippen molar-refractivity contribution in [3.63, 3.8) is 0 Å². The standard InChI is InChI=1S/C16H21N3OS/c1-2-6-13-11(4-1)7-8-14(17-13)16-18-15(19-20-16)10-12-5-3-9-21-12/h3,5,9,11,13-14,17H,1-2,4,6-8,10H2. The molecule has 2 aliphatic rings. The Hall–Kier alpha value is -1.20. The zero-order chi connectivity index (χ0) is 14.1. The second-order valence-electron chi connectivity index (χ2n) is 6.25. The van der Waals surface area contributed by atoms with Gasteiger partial charge >= 0.3 is 0 Å². The average Bonchev–Trinajstić information content (AvgIpc) is 3.19. The minimum atomic E-state index is 0.258. The number of fused-ring (bicyclic) bond motifs is 1. The minimum Gasteiger partial charge on any atom is -0.338 e. The Labute approximate surface area is 129 Å². The molecule has 0 radical (unpaired) electrons. The summed E-state index contributed by atoms with van der Waals surface area (Å²) in [5.41, 5.74) is 0. The number of piperidine rings is 1. The van der Waals surface area contributed by atoms with Crippen LogP contribution < -0.4 is 5.32 Å². The van der Waals surface area contributed by atoms with E-state index in [-0.39, 0.29) is 6.04 Å². The van der Waals surface area contributed by atoms with E-state index in [1.807, 2.05) is 0 Å². The second kappa shape index (κ2) is 5.89. The van der Waals surface area contributed by atoms with Crippen molar-refractivity contribution in [1.29, 1.82) is 0 Å². The van der Waals surface area contributed by atoms with Crippen LogP contribution in [-0.2, 0) is 6.42 Å². The Morgan fingerprint density at radius 1 is 1.24 bits per heavy atom. The van der Waals surface area contributed by atoms with Gasteiger partial charge in [0.1, 0.15) is 0 Å². The van der Waals surface area contributed by atoms with Crippen molar-refractivity contribution in [2.24, 2.45) is 5.92 Å². The second-order valence-corrected chi connectivity index (χ2v) is 7.28. The number of aromatic nitrogens is 2. The Balaban J connectivity index is 1.43. The molecule has 4 rings (SSSR count). The SMILES string of the molecule is c1csc(Cc2noc(C3CCC4CCCCC4N3)n2)c1. The van der Waals surface area contributed by atoms with E-state index in [0.29, 0.717) is 6.04 Å². The van der Waals surface area contributed by atoms with Gasteiger partial charge in [0.25, 0.3) is 0 Å². The number of nitrogens with one attached hydrogen (secondary N) is 1. The summed E-state index contributed by atoms with van der Waals surface area (Å²) in [6.45, 7) is 0. The maximum Gasteiger partial charge on any atom is 0.243 e. The summed E-state index contributed by atoms with van der Waals surface area (Å²) < 4.78 is 5.51. The fourth-order valence-electron chi connectivity index (χ4n) is 3.74. The Morgan fingerprint density at radius 2 is 2.19 bits per heavy atom. The molecule has 0 aromatic carbocycles. The lowest BCUT2D eigenvalue weighted by Crippen LogP contribution is -2.44. The molecule has 1 N–H and O–H groups in total. The van der Waals surface area contributed by atoms with Gasteiger partial charge in [-0.05, 0) is 43.0 Å². The lowest BCUT2D eigenvalue weighted by Gasteiger charge is -2.39. The molecule has 4 nitrogen and oxygen atoms in total. The first kappa shape index (κ1) is 13.5. The van der Waals surface area contributed by atoms with Gasteiger partial charge in [0.05, 0.1) is 6.04 Å². The quantitative estimate of drug-likeness (QED) is 0.939. The van der Waals surface area contributed by atoms with Gasteiger partial charge in [0.2, 0.25) is 5.89 Å². The Kier molecular flexibility index (Phi) is 3.78. The molecule has 0 bridgehead atoms. The van der Waals surface area contributed by atoms with E-state index in [2.05, 4.69) is 33.0 Å². The molecular weight excluding hydrogens is 282 g/mol. The van der Waals surface area contributed by atoms with Crippen molar-refractivity contribution in [1.82, 2.24) is 15.5 Å². The summed E-state index contributed by atoms with van der Waals surface area (Å²) >= 11 is 1.74. The molecule has 1 aliphatic carbocycles. The van der Waals surface area contributed by atoms with Crippen LogP contribution in [0, 0.1) is 5.92 Å². The monoisotopic (exact) mass is 303 g/mol. The van der Waals surface area contributed by atoms with Gasteiger partial charge in [0, 0.05) is 17.3 Å². The van der Waals surface area contributed by atoms with E-state index in [4.69, 9.17) is 4.52 Å². The summed E-state index contributed by atoms with van der Waals surface area (Å²) in [6.07, 6.45) is 8.65. The molecule has 0 amide bonds. The zero-order valence-electron chi connectivity index (χ0n) is 12.1. The van der Waals surface area contributed by atoms with E-state index < -0.39 is 0 Å². The first-order valence-electron chi connectivity index (χ1n) is 7.99. The highest BCUT2D eigenvalue weighted by Gasteiger charge is 2.34. The Bertz CT molecular complexity index is 580. The third-order valence-electron chi connectivity index (χ3n) is 4.84. The van der Waals surface area contributed by atoms with Crippen LogP contribution in [-0.4, -0.2) is 16.2 Å². The van der Waals surface area contributed by atoms with E-state index in [1.165, 1.54) is 37.0 Å². The highest BCUT2D eigenvalue weighted by Crippen LogP contribution is 2.36. The fourth-order valence-corrected chi connectivity index (χ4v) is 4.44. The van der Waals surface area contributed by atoms with Gasteiger partial charge in [-0.25, -0.2) is 0 Å². The average molecular weight is 303 g/mol. The molecule has 1 saturated heterocycles. The zero-order valence-corrected chi connectivity index (χ0v) is 12.9. The summed E-state index contributed by atoms with van der Waals surface area (Å²) in [4.78, 5) is 5.90. The van der Waals surface area contributed by atoms with Crippen LogP contribution >= 0.6 is 11.3 Å². The molecule has 2 aromatic rings. The van der Waals surface area contributed by atoms with Gasteiger partial charge in [-0.15, -0.1) is 11.3 Å². The molecule has 3 heterocycles. The van der Waals surface area contributed by atoms with E-state index in [9.17, 15) is 0 Å². The largest absolute Gasteiger partial charge is 0.338 e. The lowest BCUT2D eigenvalue weighted by atomic mass is 9.78. The molecule has 3 unspecified atom stereocenters. The molecule has 0 spiro atoms. The highest BCUT2D eigenvalue weighted by atomic mass is 32.1. The van der Waals surface area contributed by atoms with Crippen molar-refractivity contribution in [2.45, 2.75) is 57.0 Å². The van der Waals surface area contributed by atoms with Gasteiger partial charge in [-0.3, -0.25) is 0 Å². The number of rotatable bonds is 3. The van der Waals surface area contributed by atoms with Crippen LogP contribution in [0.15, 0.2) is 22.0 Å².